The van der Waals surface area contributed by atoms with E-state index in [9.17, 15) is 9.59 Å². The molecule has 1 atom stereocenters. The molecule has 7 heteroatoms. The van der Waals surface area contributed by atoms with Crippen molar-refractivity contribution in [1.82, 2.24) is 4.98 Å². The zero-order valence-electron chi connectivity index (χ0n) is 12.3. The van der Waals surface area contributed by atoms with E-state index >= 15 is 0 Å². The van der Waals surface area contributed by atoms with E-state index in [0.29, 0.717) is 16.9 Å². The summed E-state index contributed by atoms with van der Waals surface area (Å²) in [4.78, 5) is 27.5. The van der Waals surface area contributed by atoms with Crippen molar-refractivity contribution in [2.24, 2.45) is 0 Å². The number of nitrogens with two attached hydrogens (primary N) is 1. The van der Waals surface area contributed by atoms with Crippen LogP contribution in [0.2, 0.25) is 0 Å². The SMILES string of the molecule is COC(=O)CC(Nc1nccc2cccc(N)c12)C(=O)OC. The highest BCUT2D eigenvalue weighted by Crippen LogP contribution is 2.27. The van der Waals surface area contributed by atoms with Crippen molar-refractivity contribution in [1.29, 1.82) is 0 Å². The standard InChI is InChI=1S/C15H17N3O4/c1-21-12(19)8-11(15(20)22-2)18-14-13-9(6-7-17-14)4-3-5-10(13)16/h3-7,11H,8,16H2,1-2H3,(H,17,18). The number of aromatic nitrogens is 1. The minimum Gasteiger partial charge on any atom is -0.469 e. The molecule has 0 spiro atoms. The van der Waals surface area contributed by atoms with Crippen molar-refractivity contribution in [3.63, 3.8) is 0 Å². The third-order valence-corrected chi connectivity index (χ3v) is 3.22. The van der Waals surface area contributed by atoms with Crippen molar-refractivity contribution in [3.8, 4) is 0 Å². The number of esters is 2. The van der Waals surface area contributed by atoms with Gasteiger partial charge < -0.3 is 20.5 Å². The van der Waals surface area contributed by atoms with Crippen LogP contribution < -0.4 is 11.1 Å². The predicted molar refractivity (Wildman–Crippen MR) is 82.2 cm³/mol. The predicted octanol–water partition coefficient (Wildman–Crippen LogP) is 1.33. The number of ether oxygens (including phenoxy) is 2. The van der Waals surface area contributed by atoms with E-state index in [0.717, 1.165) is 5.39 Å². The van der Waals surface area contributed by atoms with E-state index in [1.165, 1.54) is 14.2 Å². The Balaban J connectivity index is 2.37. The van der Waals surface area contributed by atoms with Crippen LogP contribution in [0.5, 0.6) is 0 Å². The lowest BCUT2D eigenvalue weighted by molar-refractivity contribution is -0.148. The molecule has 22 heavy (non-hydrogen) atoms. The number of pyridine rings is 1. The van der Waals surface area contributed by atoms with E-state index in [2.05, 4.69) is 15.0 Å². The fourth-order valence-electron chi connectivity index (χ4n) is 2.12. The summed E-state index contributed by atoms with van der Waals surface area (Å²) in [5, 5.41) is 4.47. The molecule has 0 aliphatic carbocycles. The molecule has 0 radical (unpaired) electrons. The number of anilines is 2. The number of nitrogens with zero attached hydrogens (tertiary/aromatic N) is 1. The average molecular weight is 303 g/mol. The Kier molecular flexibility index (Phi) is 4.77. The minimum absolute atomic E-state index is 0.173. The summed E-state index contributed by atoms with van der Waals surface area (Å²) >= 11 is 0. The summed E-state index contributed by atoms with van der Waals surface area (Å²) in [6.45, 7) is 0. The van der Waals surface area contributed by atoms with Gasteiger partial charge in [0.15, 0.2) is 0 Å². The molecule has 0 amide bonds. The zero-order chi connectivity index (χ0) is 16.1. The fraction of sp³-hybridized carbons (Fsp3) is 0.267. The molecular weight excluding hydrogens is 286 g/mol. The molecule has 1 aromatic heterocycles. The van der Waals surface area contributed by atoms with Crippen LogP contribution in [0, 0.1) is 0 Å². The lowest BCUT2D eigenvalue weighted by Crippen LogP contribution is -2.33. The number of hydrogen-bond acceptors (Lipinski definition) is 7. The first kappa shape index (κ1) is 15.6. The Morgan fingerprint density at radius 1 is 1.27 bits per heavy atom. The molecule has 2 rings (SSSR count). The van der Waals surface area contributed by atoms with Crippen molar-refractivity contribution in [3.05, 3.63) is 30.5 Å². The number of nitrogens with one attached hydrogen (secondary N) is 1. The Morgan fingerprint density at radius 2 is 2.05 bits per heavy atom. The Bertz CT molecular complexity index is 697. The molecule has 0 aliphatic heterocycles. The van der Waals surface area contributed by atoms with E-state index in [-0.39, 0.29) is 6.42 Å². The Morgan fingerprint density at radius 3 is 2.73 bits per heavy atom. The largest absolute Gasteiger partial charge is 0.469 e. The smallest absolute Gasteiger partial charge is 0.328 e. The average Bonchev–Trinajstić information content (AvgIpc) is 2.53. The third kappa shape index (κ3) is 3.25. The molecule has 116 valence electrons. The van der Waals surface area contributed by atoms with Crippen LogP contribution in [0.25, 0.3) is 10.8 Å². The molecule has 1 heterocycles. The molecule has 1 aromatic carbocycles. The Labute approximate surface area is 127 Å². The van der Waals surface area contributed by atoms with Gasteiger partial charge in [-0.05, 0) is 17.5 Å². The zero-order valence-corrected chi connectivity index (χ0v) is 12.3. The molecule has 1 unspecified atom stereocenters. The molecule has 0 fully saturated rings. The van der Waals surface area contributed by atoms with Crippen LogP contribution >= 0.6 is 0 Å². The highest BCUT2D eigenvalue weighted by Gasteiger charge is 2.24. The van der Waals surface area contributed by atoms with Crippen molar-refractivity contribution < 1.29 is 19.1 Å². The topological polar surface area (TPSA) is 104 Å². The maximum absolute atomic E-state index is 11.8. The minimum atomic E-state index is -0.907. The van der Waals surface area contributed by atoms with Crippen LogP contribution in [-0.2, 0) is 19.1 Å². The number of carbonyl (C=O) groups excluding carboxylic acids is 2. The number of fused-ring (bicyclic) bond motifs is 1. The summed E-state index contributed by atoms with van der Waals surface area (Å²) < 4.78 is 9.30. The number of rotatable bonds is 5. The number of nitrogen functional groups attached to an aromatic ring is 1. The van der Waals surface area contributed by atoms with E-state index in [4.69, 9.17) is 10.5 Å². The number of benzene rings is 1. The van der Waals surface area contributed by atoms with Crippen LogP contribution in [0.1, 0.15) is 6.42 Å². The summed E-state index contributed by atoms with van der Waals surface area (Å²) in [6.07, 6.45) is 1.42. The van der Waals surface area contributed by atoms with Gasteiger partial charge in [-0.15, -0.1) is 0 Å². The van der Waals surface area contributed by atoms with Gasteiger partial charge in [-0.2, -0.15) is 0 Å². The second-order valence-electron chi connectivity index (χ2n) is 4.61. The highest BCUT2D eigenvalue weighted by molar-refractivity contribution is 6.01. The molecule has 0 saturated carbocycles. The first-order chi connectivity index (χ1) is 10.6. The molecule has 0 bridgehead atoms. The summed E-state index contributed by atoms with van der Waals surface area (Å²) in [5.41, 5.74) is 6.50. The highest BCUT2D eigenvalue weighted by atomic mass is 16.5. The summed E-state index contributed by atoms with van der Waals surface area (Å²) in [5.74, 6) is -0.704. The molecular formula is C15H17N3O4. The summed E-state index contributed by atoms with van der Waals surface area (Å²) in [7, 11) is 2.50. The quantitative estimate of drug-likeness (QED) is 0.634. The second-order valence-corrected chi connectivity index (χ2v) is 4.61. The molecule has 2 aromatic rings. The fourth-order valence-corrected chi connectivity index (χ4v) is 2.12. The van der Waals surface area contributed by atoms with Crippen molar-refractivity contribution in [2.45, 2.75) is 12.5 Å². The Hall–Kier alpha value is -2.83. The van der Waals surface area contributed by atoms with Crippen LogP contribution in [-0.4, -0.2) is 37.2 Å². The van der Waals surface area contributed by atoms with Gasteiger partial charge in [-0.25, -0.2) is 9.78 Å². The maximum atomic E-state index is 11.8. The maximum Gasteiger partial charge on any atom is 0.328 e. The summed E-state index contributed by atoms with van der Waals surface area (Å²) in [6, 6.07) is 6.35. The van der Waals surface area contributed by atoms with Crippen molar-refractivity contribution >= 4 is 34.2 Å². The number of methoxy groups -OCH3 is 2. The lowest BCUT2D eigenvalue weighted by Gasteiger charge is -2.17. The van der Waals surface area contributed by atoms with E-state index in [1.807, 2.05) is 18.2 Å². The van der Waals surface area contributed by atoms with Gasteiger partial charge in [-0.1, -0.05) is 12.1 Å². The van der Waals surface area contributed by atoms with Crippen LogP contribution in [0.4, 0.5) is 11.5 Å². The molecule has 7 nitrogen and oxygen atoms in total. The van der Waals surface area contributed by atoms with Gasteiger partial charge in [0, 0.05) is 17.3 Å². The number of carbonyl (C=O) groups is 2. The third-order valence-electron chi connectivity index (χ3n) is 3.22. The second kappa shape index (κ2) is 6.75. The normalized spacial score (nSPS) is 11.7. The monoisotopic (exact) mass is 303 g/mol. The van der Waals surface area contributed by atoms with Crippen molar-refractivity contribution in [2.75, 3.05) is 25.3 Å². The van der Waals surface area contributed by atoms with Crippen LogP contribution in [0.15, 0.2) is 30.5 Å². The first-order valence-electron chi connectivity index (χ1n) is 6.61. The van der Waals surface area contributed by atoms with Crippen LogP contribution in [0.3, 0.4) is 0 Å². The van der Waals surface area contributed by atoms with Gasteiger partial charge in [0.2, 0.25) is 0 Å². The van der Waals surface area contributed by atoms with Gasteiger partial charge in [0.05, 0.1) is 20.6 Å². The van der Waals surface area contributed by atoms with Gasteiger partial charge in [0.25, 0.3) is 0 Å². The van der Waals surface area contributed by atoms with E-state index in [1.54, 1.807) is 12.3 Å². The van der Waals surface area contributed by atoms with Gasteiger partial charge in [-0.3, -0.25) is 4.79 Å². The van der Waals surface area contributed by atoms with Gasteiger partial charge >= 0.3 is 11.9 Å². The lowest BCUT2D eigenvalue weighted by atomic mass is 10.1. The molecule has 0 saturated heterocycles. The first-order valence-corrected chi connectivity index (χ1v) is 6.61. The molecule has 0 aliphatic rings. The number of hydrogen-bond donors (Lipinski definition) is 2. The van der Waals surface area contributed by atoms with E-state index < -0.39 is 18.0 Å². The van der Waals surface area contributed by atoms with Gasteiger partial charge in [0.1, 0.15) is 11.9 Å². The molecule has 3 N–H and O–H groups in total.